The van der Waals surface area contributed by atoms with Gasteiger partial charge in [-0.25, -0.2) is 9.78 Å². The van der Waals surface area contributed by atoms with Crippen molar-refractivity contribution in [3.8, 4) is 0 Å². The molecule has 0 saturated carbocycles. The van der Waals surface area contributed by atoms with E-state index in [1.165, 1.54) is 6.33 Å². The van der Waals surface area contributed by atoms with Gasteiger partial charge in [-0.15, -0.1) is 0 Å². The number of benzene rings is 4. The van der Waals surface area contributed by atoms with Crippen LogP contribution in [0.25, 0.3) is 21.7 Å². The van der Waals surface area contributed by atoms with E-state index in [4.69, 9.17) is 16.9 Å². The average molecular weight is 945 g/mol. The highest BCUT2D eigenvalue weighted by Crippen LogP contribution is 2.20. The highest BCUT2D eigenvalue weighted by Gasteiger charge is 2.33. The predicted molar refractivity (Wildman–Crippen MR) is 260 cm³/mol. The highest BCUT2D eigenvalue weighted by molar-refractivity contribution is 7.80. The molecule has 20 heteroatoms. The summed E-state index contributed by atoms with van der Waals surface area (Å²) in [6.07, 6.45) is 5.00. The lowest BCUT2D eigenvalue weighted by molar-refractivity contribution is -0.141. The molecule has 68 heavy (non-hydrogen) atoms. The summed E-state index contributed by atoms with van der Waals surface area (Å²) in [6.45, 7) is 0.152. The molecule has 5 amide bonds. The van der Waals surface area contributed by atoms with Gasteiger partial charge in [-0.3, -0.25) is 29.4 Å². The standard InChI is InChI=1S/C48H56N12O7S/c49-35(22-32-24-54-36-14-7-6-13-34(32)36)42(61)57-40(23-33-25-52-27-55-33)46(65)59-38(20-28-9-2-1-3-10-28)44(63)56-37(15-8-18-53-48(50)51)43(62)58-39(45(64)60-41(26-68)47(66)67)21-29-16-17-30-11-4-5-12-31(30)19-29/h1-7,9-14,16-17,19,24-25,27,35,37-41,54,68H,8,15,18,20-23,26,49H2,(H,52,55)(H,56,63)(H,57,61)(H,58,62)(H,59,65)(H,60,64)(H,66,67)(H4,50,51,53)/t35-,37-,38+,39-,40-,41-/m0/s1. The molecule has 0 aliphatic rings. The molecule has 2 heterocycles. The Bertz CT molecular complexity index is 2700. The van der Waals surface area contributed by atoms with Gasteiger partial charge in [0.1, 0.15) is 30.2 Å². The summed E-state index contributed by atoms with van der Waals surface area (Å²) < 4.78 is 0. The van der Waals surface area contributed by atoms with Crippen molar-refractivity contribution < 1.29 is 33.9 Å². The molecule has 6 atom stereocenters. The Balaban J connectivity index is 1.24. The number of H-pyrrole nitrogens is 2. The van der Waals surface area contributed by atoms with Crippen LogP contribution in [0.15, 0.2) is 116 Å². The van der Waals surface area contributed by atoms with Crippen LogP contribution in [0, 0.1) is 5.41 Å². The first-order valence-corrected chi connectivity index (χ1v) is 22.6. The lowest BCUT2D eigenvalue weighted by atomic mass is 10.00. The van der Waals surface area contributed by atoms with Gasteiger partial charge in [-0.2, -0.15) is 12.6 Å². The number of carbonyl (C=O) groups excluding carboxylic acids is 5. The fourth-order valence-electron chi connectivity index (χ4n) is 7.67. The number of hydrogen-bond donors (Lipinski definition) is 13. The number of carboxylic acid groups (broad SMARTS) is 1. The third kappa shape index (κ3) is 14.1. The van der Waals surface area contributed by atoms with Gasteiger partial charge < -0.3 is 58.4 Å². The maximum Gasteiger partial charge on any atom is 0.327 e. The van der Waals surface area contributed by atoms with Crippen LogP contribution in [0.1, 0.15) is 35.2 Å². The molecule has 6 aromatic rings. The van der Waals surface area contributed by atoms with Gasteiger partial charge in [0, 0.05) is 54.9 Å². The van der Waals surface area contributed by atoms with Crippen LogP contribution < -0.4 is 43.4 Å². The Kier molecular flexibility index (Phi) is 17.7. The number of imidazole rings is 1. The van der Waals surface area contributed by atoms with Crippen molar-refractivity contribution in [1.29, 1.82) is 5.41 Å². The molecular formula is C48H56N12O7S. The quantitative estimate of drug-likeness (QED) is 0.0178. The molecule has 0 unspecified atom stereocenters. The van der Waals surface area contributed by atoms with Crippen LogP contribution in [0.5, 0.6) is 0 Å². The lowest BCUT2D eigenvalue weighted by Gasteiger charge is -2.27. The first-order valence-electron chi connectivity index (χ1n) is 22.0. The van der Waals surface area contributed by atoms with E-state index in [0.717, 1.165) is 27.2 Å². The summed E-state index contributed by atoms with van der Waals surface area (Å²) in [7, 11) is 0. The molecule has 0 saturated heterocycles. The zero-order valence-electron chi connectivity index (χ0n) is 37.0. The van der Waals surface area contributed by atoms with Crippen molar-refractivity contribution in [3.63, 3.8) is 0 Å². The molecule has 0 aliphatic carbocycles. The summed E-state index contributed by atoms with van der Waals surface area (Å²) in [5.41, 5.74) is 15.4. The molecule has 0 aliphatic heterocycles. The van der Waals surface area contributed by atoms with Gasteiger partial charge in [-0.1, -0.05) is 91.0 Å². The minimum atomic E-state index is -1.37. The van der Waals surface area contributed by atoms with Gasteiger partial charge in [-0.05, 0) is 52.8 Å². The number of carbonyl (C=O) groups is 6. The summed E-state index contributed by atoms with van der Waals surface area (Å²) >= 11 is 4.08. The Morgan fingerprint density at radius 1 is 0.662 bits per heavy atom. The van der Waals surface area contributed by atoms with Crippen molar-refractivity contribution >= 4 is 75.8 Å². The number of aliphatic carboxylic acids is 1. The molecular weight excluding hydrogens is 889 g/mol. The minimum absolute atomic E-state index is 0.0191. The number of aromatic amines is 2. The van der Waals surface area contributed by atoms with Gasteiger partial charge in [0.05, 0.1) is 18.1 Å². The van der Waals surface area contributed by atoms with Crippen molar-refractivity contribution in [2.45, 2.75) is 74.8 Å². The first-order chi connectivity index (χ1) is 32.8. The normalized spacial score (nSPS) is 13.8. The topological polar surface area (TPSA) is 315 Å². The van der Waals surface area contributed by atoms with Crippen molar-refractivity contribution in [2.75, 3.05) is 12.3 Å². The summed E-state index contributed by atoms with van der Waals surface area (Å²) in [4.78, 5) is 93.0. The molecule has 0 bridgehead atoms. The van der Waals surface area contributed by atoms with Crippen LogP contribution >= 0.6 is 12.6 Å². The molecule has 14 N–H and O–H groups in total. The average Bonchev–Trinajstić information content (AvgIpc) is 4.01. The number of guanidine groups is 1. The van der Waals surface area contributed by atoms with E-state index >= 15 is 0 Å². The van der Waals surface area contributed by atoms with E-state index in [1.807, 2.05) is 60.7 Å². The maximum absolute atomic E-state index is 14.5. The summed E-state index contributed by atoms with van der Waals surface area (Å²) in [6, 6.07) is 21.9. The Hall–Kier alpha value is -7.71. The predicted octanol–water partition coefficient (Wildman–Crippen LogP) is 1.34. The molecule has 0 spiro atoms. The third-order valence-corrected chi connectivity index (χ3v) is 11.6. The Morgan fingerprint density at radius 3 is 1.91 bits per heavy atom. The zero-order chi connectivity index (χ0) is 48.6. The molecule has 4 aromatic carbocycles. The second kappa shape index (κ2) is 24.2. The van der Waals surface area contributed by atoms with E-state index in [1.54, 1.807) is 48.8 Å². The molecule has 6 rings (SSSR count). The third-order valence-electron chi connectivity index (χ3n) is 11.3. The number of amides is 5. The van der Waals surface area contributed by atoms with Crippen LogP contribution in [0.2, 0.25) is 0 Å². The number of nitrogens with one attached hydrogen (secondary N) is 9. The van der Waals surface area contributed by atoms with E-state index in [-0.39, 0.29) is 56.8 Å². The van der Waals surface area contributed by atoms with E-state index in [2.05, 4.69) is 59.5 Å². The lowest BCUT2D eigenvalue weighted by Crippen LogP contribution is -2.60. The number of nitrogens with two attached hydrogens (primary N) is 2. The summed E-state index contributed by atoms with van der Waals surface area (Å²) in [5.74, 6) is -5.53. The highest BCUT2D eigenvalue weighted by atomic mass is 32.1. The number of hydrogen-bond acceptors (Lipinski definition) is 10. The largest absolute Gasteiger partial charge is 0.480 e. The second-order valence-corrected chi connectivity index (χ2v) is 16.7. The molecule has 2 aromatic heterocycles. The Morgan fingerprint density at radius 2 is 1.25 bits per heavy atom. The number of para-hydroxylation sites is 1. The van der Waals surface area contributed by atoms with Crippen LogP contribution in [-0.4, -0.2) is 110 Å². The fraction of sp³-hybridized carbons (Fsp3) is 0.292. The van der Waals surface area contributed by atoms with Gasteiger partial charge >= 0.3 is 5.97 Å². The van der Waals surface area contributed by atoms with Crippen LogP contribution in [0.4, 0.5) is 0 Å². The smallest absolute Gasteiger partial charge is 0.327 e. The number of rotatable bonds is 24. The number of nitrogens with zero attached hydrogens (tertiary/aromatic N) is 1. The van der Waals surface area contributed by atoms with E-state index in [9.17, 15) is 33.9 Å². The Labute approximate surface area is 397 Å². The van der Waals surface area contributed by atoms with E-state index in [0.29, 0.717) is 16.8 Å². The van der Waals surface area contributed by atoms with Crippen molar-refractivity contribution in [1.82, 2.24) is 46.9 Å². The number of carboxylic acids is 1. The first kappa shape index (κ1) is 49.7. The van der Waals surface area contributed by atoms with Gasteiger partial charge in [0.15, 0.2) is 5.96 Å². The zero-order valence-corrected chi connectivity index (χ0v) is 37.9. The molecule has 19 nitrogen and oxygen atoms in total. The molecule has 0 fully saturated rings. The fourth-order valence-corrected chi connectivity index (χ4v) is 7.92. The number of aromatic nitrogens is 3. The van der Waals surface area contributed by atoms with Gasteiger partial charge in [0.2, 0.25) is 29.5 Å². The molecule has 356 valence electrons. The summed E-state index contributed by atoms with van der Waals surface area (Å²) in [5, 5.41) is 36.2. The van der Waals surface area contributed by atoms with Crippen LogP contribution in [-0.2, 0) is 54.5 Å². The monoisotopic (exact) mass is 944 g/mol. The SMILES string of the molecule is N=C(N)NCCC[C@H](NC(=O)[C@@H](Cc1ccccc1)NC(=O)[C@H](Cc1c[nH]cn1)NC(=O)[C@@H](N)Cc1c[nH]c2ccccc12)C(=O)N[C@@H](Cc1ccc2ccccc2c1)C(=O)N[C@@H](CS)C(=O)O. The van der Waals surface area contributed by atoms with E-state index < -0.39 is 71.8 Å². The minimum Gasteiger partial charge on any atom is -0.480 e. The molecule has 0 radical (unpaired) electrons. The van der Waals surface area contributed by atoms with Gasteiger partial charge in [0.25, 0.3) is 0 Å². The maximum atomic E-state index is 14.5. The number of thiol groups is 1. The number of fused-ring (bicyclic) bond motifs is 2. The second-order valence-electron chi connectivity index (χ2n) is 16.3. The van der Waals surface area contributed by atoms with Crippen LogP contribution in [0.3, 0.4) is 0 Å². The van der Waals surface area contributed by atoms with Crippen molar-refractivity contribution in [2.24, 2.45) is 11.5 Å². The van der Waals surface area contributed by atoms with Crippen molar-refractivity contribution in [3.05, 3.63) is 138 Å².